The Kier molecular flexibility index (Phi) is 8.04. The molecule has 1 saturated heterocycles. The molecule has 1 heterocycles. The number of hydrogen-bond donors (Lipinski definition) is 1. The van der Waals surface area contributed by atoms with E-state index < -0.39 is 23.5 Å². The van der Waals surface area contributed by atoms with Crippen molar-refractivity contribution in [1.29, 1.82) is 0 Å². The molecule has 3 aromatic carbocycles. The third-order valence-electron chi connectivity index (χ3n) is 6.43. The summed E-state index contributed by atoms with van der Waals surface area (Å²) in [7, 11) is 3.86. The summed E-state index contributed by atoms with van der Waals surface area (Å²) < 4.78 is 19.6. The van der Waals surface area contributed by atoms with Gasteiger partial charge >= 0.3 is 0 Å². The fourth-order valence-corrected chi connectivity index (χ4v) is 4.54. The van der Waals surface area contributed by atoms with Gasteiger partial charge in [-0.05, 0) is 81.0 Å². The number of ketones is 1. The summed E-state index contributed by atoms with van der Waals surface area (Å²) in [6.07, 6.45) is 0.643. The van der Waals surface area contributed by atoms with E-state index in [1.165, 1.54) is 17.0 Å². The summed E-state index contributed by atoms with van der Waals surface area (Å²) in [4.78, 5) is 29.7. The molecule has 1 atom stereocenters. The average molecular weight is 503 g/mol. The van der Waals surface area contributed by atoms with E-state index in [0.717, 1.165) is 12.1 Å². The van der Waals surface area contributed by atoms with E-state index in [1.54, 1.807) is 30.3 Å². The van der Waals surface area contributed by atoms with Crippen LogP contribution in [0.1, 0.15) is 34.7 Å². The first kappa shape index (κ1) is 26.1. The molecule has 0 saturated carbocycles. The lowest BCUT2D eigenvalue weighted by molar-refractivity contribution is -0.139. The van der Waals surface area contributed by atoms with Crippen molar-refractivity contribution in [3.63, 3.8) is 0 Å². The highest BCUT2D eigenvalue weighted by atomic mass is 19.1. The van der Waals surface area contributed by atoms with Crippen LogP contribution in [0.2, 0.25) is 0 Å². The highest BCUT2D eigenvalue weighted by Gasteiger charge is 2.45. The van der Waals surface area contributed by atoms with E-state index in [-0.39, 0.29) is 11.3 Å². The lowest BCUT2D eigenvalue weighted by Crippen LogP contribution is -2.32. The topological polar surface area (TPSA) is 70.1 Å². The zero-order valence-corrected chi connectivity index (χ0v) is 21.3. The molecule has 0 aromatic heterocycles. The van der Waals surface area contributed by atoms with E-state index in [9.17, 15) is 19.1 Å². The molecule has 0 bridgehead atoms. The third-order valence-corrected chi connectivity index (χ3v) is 6.43. The monoisotopic (exact) mass is 502 g/mol. The predicted octanol–water partition coefficient (Wildman–Crippen LogP) is 5.09. The number of hydrogen-bond acceptors (Lipinski definition) is 5. The lowest BCUT2D eigenvalue weighted by atomic mass is 9.94. The molecular weight excluding hydrogens is 471 g/mol. The minimum Gasteiger partial charge on any atom is -0.507 e. The number of carbonyl (C=O) groups is 2. The van der Waals surface area contributed by atoms with Gasteiger partial charge in [0.15, 0.2) is 0 Å². The number of aliphatic hydroxyl groups excluding tert-OH is 1. The molecule has 3 aromatic rings. The Balaban J connectivity index is 1.68. The number of rotatable bonds is 9. The van der Waals surface area contributed by atoms with Crippen LogP contribution in [0.4, 0.5) is 4.39 Å². The summed E-state index contributed by atoms with van der Waals surface area (Å²) in [6.45, 7) is 3.26. The molecule has 7 heteroatoms. The van der Waals surface area contributed by atoms with Crippen LogP contribution in [-0.2, 0) is 16.2 Å². The quantitative estimate of drug-likeness (QED) is 0.251. The second kappa shape index (κ2) is 11.4. The summed E-state index contributed by atoms with van der Waals surface area (Å²) in [5, 5.41) is 11.4. The number of ether oxygens (including phenoxy) is 1. The predicted molar refractivity (Wildman–Crippen MR) is 141 cm³/mol. The maximum atomic E-state index is 13.7. The molecule has 192 valence electrons. The normalized spacial score (nSPS) is 17.0. The number of aryl methyl sites for hydroxylation is 1. The molecule has 0 unspecified atom stereocenters. The van der Waals surface area contributed by atoms with Crippen LogP contribution < -0.4 is 4.74 Å². The van der Waals surface area contributed by atoms with E-state index in [0.29, 0.717) is 42.0 Å². The van der Waals surface area contributed by atoms with Crippen molar-refractivity contribution in [2.24, 2.45) is 0 Å². The zero-order valence-electron chi connectivity index (χ0n) is 21.3. The Hall–Kier alpha value is -3.97. The number of nitrogens with zero attached hydrogens (tertiary/aromatic N) is 2. The zero-order chi connectivity index (χ0) is 26.5. The van der Waals surface area contributed by atoms with E-state index >= 15 is 0 Å². The molecule has 1 N–H and O–H groups in total. The van der Waals surface area contributed by atoms with E-state index in [4.69, 9.17) is 4.74 Å². The summed E-state index contributed by atoms with van der Waals surface area (Å²) in [6, 6.07) is 19.8. The second-order valence-electron chi connectivity index (χ2n) is 9.45. The molecule has 1 amide bonds. The van der Waals surface area contributed by atoms with Gasteiger partial charge < -0.3 is 19.6 Å². The largest absolute Gasteiger partial charge is 0.507 e. The Morgan fingerprint density at radius 1 is 1.03 bits per heavy atom. The molecular formula is C30H31FN2O4. The van der Waals surface area contributed by atoms with Crippen molar-refractivity contribution in [3.8, 4) is 5.75 Å². The van der Waals surface area contributed by atoms with Crippen molar-refractivity contribution in [2.75, 3.05) is 27.2 Å². The Bertz CT molecular complexity index is 1300. The first-order chi connectivity index (χ1) is 17.8. The van der Waals surface area contributed by atoms with Crippen LogP contribution in [0.25, 0.3) is 5.76 Å². The van der Waals surface area contributed by atoms with Crippen LogP contribution in [0, 0.1) is 12.7 Å². The minimum absolute atomic E-state index is 0.00233. The van der Waals surface area contributed by atoms with Crippen LogP contribution in [0.3, 0.4) is 0 Å². The van der Waals surface area contributed by atoms with E-state index in [2.05, 4.69) is 0 Å². The van der Waals surface area contributed by atoms with Crippen LogP contribution in [0.5, 0.6) is 5.75 Å². The molecule has 1 aliphatic rings. The van der Waals surface area contributed by atoms with Crippen molar-refractivity contribution in [3.05, 3.63) is 106 Å². The summed E-state index contributed by atoms with van der Waals surface area (Å²) in [5.41, 5.74) is 2.72. The SMILES string of the molecule is Cc1cc(OCc2ccccc2)ccc1C(O)=C1C(=O)C(=O)N(CCCN(C)C)[C@H]1c1ccc(F)cc1. The number of Topliss-reactive ketones (excluding diaryl/α,β-unsaturated/α-hetero) is 1. The van der Waals surface area contributed by atoms with Crippen molar-refractivity contribution >= 4 is 17.4 Å². The van der Waals surface area contributed by atoms with Gasteiger partial charge in [0.05, 0.1) is 11.6 Å². The number of amides is 1. The van der Waals surface area contributed by atoms with Crippen LogP contribution in [-0.4, -0.2) is 53.8 Å². The Morgan fingerprint density at radius 2 is 1.73 bits per heavy atom. The fraction of sp³-hybridized carbons (Fsp3) is 0.267. The first-order valence-corrected chi connectivity index (χ1v) is 12.2. The van der Waals surface area contributed by atoms with Gasteiger partial charge in [-0.1, -0.05) is 42.5 Å². The number of benzene rings is 3. The molecule has 0 radical (unpaired) electrons. The van der Waals surface area contributed by atoms with Crippen LogP contribution in [0.15, 0.2) is 78.4 Å². The van der Waals surface area contributed by atoms with Gasteiger partial charge in [-0.15, -0.1) is 0 Å². The maximum Gasteiger partial charge on any atom is 0.295 e. The standard InChI is InChI=1S/C30H31FN2O4/c1-20-18-24(37-19-21-8-5-4-6-9-21)14-15-25(20)28(34)26-27(22-10-12-23(31)13-11-22)33(30(36)29(26)35)17-7-16-32(2)3/h4-6,8-15,18,27,34H,7,16-17,19H2,1-3H3/t27-/m0/s1. The molecule has 1 fully saturated rings. The van der Waals surface area contributed by atoms with Gasteiger partial charge in [-0.3, -0.25) is 9.59 Å². The van der Waals surface area contributed by atoms with Gasteiger partial charge in [0.25, 0.3) is 11.7 Å². The van der Waals surface area contributed by atoms with Crippen molar-refractivity contribution in [1.82, 2.24) is 9.80 Å². The minimum atomic E-state index is -0.809. The number of halogens is 1. The number of aliphatic hydroxyl groups is 1. The first-order valence-electron chi connectivity index (χ1n) is 12.2. The highest BCUT2D eigenvalue weighted by molar-refractivity contribution is 6.46. The van der Waals surface area contributed by atoms with Crippen LogP contribution >= 0.6 is 0 Å². The molecule has 1 aliphatic heterocycles. The number of likely N-dealkylation sites (tertiary alicyclic amines) is 1. The number of carbonyl (C=O) groups excluding carboxylic acids is 2. The van der Waals surface area contributed by atoms with Crippen molar-refractivity contribution < 1.29 is 23.8 Å². The Morgan fingerprint density at radius 3 is 2.38 bits per heavy atom. The van der Waals surface area contributed by atoms with Crippen molar-refractivity contribution in [2.45, 2.75) is 26.0 Å². The smallest absolute Gasteiger partial charge is 0.295 e. The van der Waals surface area contributed by atoms with Gasteiger partial charge in [0.1, 0.15) is 23.9 Å². The molecule has 4 rings (SSSR count). The second-order valence-corrected chi connectivity index (χ2v) is 9.45. The molecule has 37 heavy (non-hydrogen) atoms. The lowest BCUT2D eigenvalue weighted by Gasteiger charge is -2.26. The highest BCUT2D eigenvalue weighted by Crippen LogP contribution is 2.40. The maximum absolute atomic E-state index is 13.7. The van der Waals surface area contributed by atoms with Gasteiger partial charge in [-0.2, -0.15) is 0 Å². The van der Waals surface area contributed by atoms with Gasteiger partial charge in [0.2, 0.25) is 0 Å². The average Bonchev–Trinajstić information content (AvgIpc) is 3.13. The molecule has 0 aliphatic carbocycles. The summed E-state index contributed by atoms with van der Waals surface area (Å²) in [5.74, 6) is -1.47. The summed E-state index contributed by atoms with van der Waals surface area (Å²) >= 11 is 0. The Labute approximate surface area is 216 Å². The molecule has 6 nitrogen and oxygen atoms in total. The van der Waals surface area contributed by atoms with E-state index in [1.807, 2.05) is 56.3 Å². The molecule has 0 spiro atoms. The third kappa shape index (κ3) is 5.89. The van der Waals surface area contributed by atoms with Gasteiger partial charge in [-0.25, -0.2) is 4.39 Å². The fourth-order valence-electron chi connectivity index (χ4n) is 4.54. The van der Waals surface area contributed by atoms with Gasteiger partial charge in [0, 0.05) is 12.1 Å².